The summed E-state index contributed by atoms with van der Waals surface area (Å²) in [5, 5.41) is 9.41. The van der Waals surface area contributed by atoms with Crippen LogP contribution >= 0.6 is 22.3 Å². The Kier molecular flexibility index (Phi) is 4.14. The van der Waals surface area contributed by atoms with E-state index in [0.29, 0.717) is 10.8 Å². The van der Waals surface area contributed by atoms with Crippen LogP contribution in [0.5, 0.6) is 11.5 Å². The van der Waals surface area contributed by atoms with Crippen LogP contribution in [-0.4, -0.2) is 13.4 Å². The standard InChI is InChI=1S/C12H6Cl2N2O3S/c13-9-4-10(7-16-6-9)19-12-2-1-11(20(14,17)18)3-8(12)5-15/h1-4,6-7H. The number of pyridine rings is 1. The molecule has 0 bridgehead atoms. The second kappa shape index (κ2) is 5.67. The van der Waals surface area contributed by atoms with E-state index in [-0.39, 0.29) is 16.2 Å². The average molecular weight is 329 g/mol. The molecule has 0 saturated heterocycles. The van der Waals surface area contributed by atoms with Crippen molar-refractivity contribution in [3.05, 3.63) is 47.2 Å². The van der Waals surface area contributed by atoms with Crippen molar-refractivity contribution in [2.75, 3.05) is 0 Å². The molecule has 0 aliphatic rings. The molecule has 0 N–H and O–H groups in total. The van der Waals surface area contributed by atoms with Crippen LogP contribution in [0.4, 0.5) is 0 Å². The molecule has 1 heterocycles. The number of rotatable bonds is 3. The number of halogens is 2. The second-order valence-electron chi connectivity index (χ2n) is 3.65. The fraction of sp³-hybridized carbons (Fsp3) is 0. The summed E-state index contributed by atoms with van der Waals surface area (Å²) in [7, 11) is 1.32. The predicted molar refractivity (Wildman–Crippen MR) is 73.5 cm³/mol. The molecule has 1 aromatic carbocycles. The van der Waals surface area contributed by atoms with E-state index in [1.165, 1.54) is 30.6 Å². The van der Waals surface area contributed by atoms with Gasteiger partial charge in [-0.3, -0.25) is 4.98 Å². The van der Waals surface area contributed by atoms with Crippen LogP contribution in [0, 0.1) is 11.3 Å². The molecule has 8 heteroatoms. The normalized spacial score (nSPS) is 10.8. The number of ether oxygens (including phenoxy) is 1. The zero-order valence-electron chi connectivity index (χ0n) is 9.75. The fourth-order valence-electron chi connectivity index (χ4n) is 1.41. The number of benzene rings is 1. The minimum atomic E-state index is -3.90. The molecule has 1 aromatic heterocycles. The average Bonchev–Trinajstić information content (AvgIpc) is 2.38. The summed E-state index contributed by atoms with van der Waals surface area (Å²) in [6.07, 6.45) is 2.85. The Morgan fingerprint density at radius 3 is 2.60 bits per heavy atom. The SMILES string of the molecule is N#Cc1cc(S(=O)(=O)Cl)ccc1Oc1cncc(Cl)c1. The Balaban J connectivity index is 2.41. The molecule has 0 fully saturated rings. The quantitative estimate of drug-likeness (QED) is 0.807. The van der Waals surface area contributed by atoms with Gasteiger partial charge in [-0.15, -0.1) is 0 Å². The lowest BCUT2D eigenvalue weighted by atomic mass is 10.2. The van der Waals surface area contributed by atoms with Crippen LogP contribution in [0.2, 0.25) is 5.02 Å². The molecule has 0 atom stereocenters. The lowest BCUT2D eigenvalue weighted by molar-refractivity contribution is 0.478. The van der Waals surface area contributed by atoms with Gasteiger partial charge in [-0.2, -0.15) is 5.26 Å². The molecule has 0 unspecified atom stereocenters. The summed E-state index contributed by atoms with van der Waals surface area (Å²) in [4.78, 5) is 3.66. The highest BCUT2D eigenvalue weighted by atomic mass is 35.7. The molecule has 20 heavy (non-hydrogen) atoms. The van der Waals surface area contributed by atoms with Crippen molar-refractivity contribution in [3.63, 3.8) is 0 Å². The first-order chi connectivity index (χ1) is 9.40. The molecule has 0 radical (unpaired) electrons. The van der Waals surface area contributed by atoms with Crippen molar-refractivity contribution in [1.82, 2.24) is 4.98 Å². The van der Waals surface area contributed by atoms with Crippen LogP contribution in [0.3, 0.4) is 0 Å². The molecule has 0 saturated carbocycles. The van der Waals surface area contributed by atoms with Crippen LogP contribution in [-0.2, 0) is 9.05 Å². The third-order valence-electron chi connectivity index (χ3n) is 2.26. The van der Waals surface area contributed by atoms with E-state index in [4.69, 9.17) is 32.3 Å². The smallest absolute Gasteiger partial charge is 0.261 e. The van der Waals surface area contributed by atoms with E-state index in [9.17, 15) is 8.42 Å². The lowest BCUT2D eigenvalue weighted by Gasteiger charge is -2.08. The van der Waals surface area contributed by atoms with Crippen LogP contribution in [0.1, 0.15) is 5.56 Å². The molecule has 2 rings (SSSR count). The van der Waals surface area contributed by atoms with Gasteiger partial charge in [0.15, 0.2) is 0 Å². The van der Waals surface area contributed by atoms with Gasteiger partial charge in [0.25, 0.3) is 9.05 Å². The summed E-state index contributed by atoms with van der Waals surface area (Å²) < 4.78 is 27.8. The van der Waals surface area contributed by atoms with Crippen LogP contribution in [0.25, 0.3) is 0 Å². The Morgan fingerprint density at radius 1 is 1.25 bits per heavy atom. The summed E-state index contributed by atoms with van der Waals surface area (Å²) in [6, 6.07) is 7.08. The Labute approximate surface area is 124 Å². The van der Waals surface area contributed by atoms with Crippen LogP contribution < -0.4 is 4.74 Å². The third-order valence-corrected chi connectivity index (χ3v) is 3.82. The van der Waals surface area contributed by atoms with E-state index in [2.05, 4.69) is 4.98 Å². The molecule has 2 aromatic rings. The van der Waals surface area contributed by atoms with Crippen molar-refractivity contribution in [2.45, 2.75) is 4.90 Å². The minimum Gasteiger partial charge on any atom is -0.454 e. The largest absolute Gasteiger partial charge is 0.454 e. The maximum Gasteiger partial charge on any atom is 0.261 e. The summed E-state index contributed by atoms with van der Waals surface area (Å²) in [6.45, 7) is 0. The van der Waals surface area contributed by atoms with Gasteiger partial charge in [0.05, 0.1) is 21.7 Å². The fourth-order valence-corrected chi connectivity index (χ4v) is 2.35. The Morgan fingerprint density at radius 2 is 2.00 bits per heavy atom. The highest BCUT2D eigenvalue weighted by Crippen LogP contribution is 2.28. The second-order valence-corrected chi connectivity index (χ2v) is 6.65. The molecule has 0 amide bonds. The number of hydrogen-bond acceptors (Lipinski definition) is 5. The number of aromatic nitrogens is 1. The number of nitrogens with zero attached hydrogens (tertiary/aromatic N) is 2. The first-order valence-electron chi connectivity index (χ1n) is 5.17. The molecule has 0 spiro atoms. The van der Waals surface area contributed by atoms with Gasteiger partial charge in [-0.1, -0.05) is 11.6 Å². The van der Waals surface area contributed by atoms with Gasteiger partial charge in [-0.05, 0) is 18.2 Å². The molecular formula is C12H6Cl2N2O3S. The zero-order valence-corrected chi connectivity index (χ0v) is 12.1. The molecule has 5 nitrogen and oxygen atoms in total. The van der Waals surface area contributed by atoms with Gasteiger partial charge in [0.1, 0.15) is 17.6 Å². The van der Waals surface area contributed by atoms with E-state index >= 15 is 0 Å². The first-order valence-corrected chi connectivity index (χ1v) is 7.86. The van der Waals surface area contributed by atoms with Crippen molar-refractivity contribution >= 4 is 31.3 Å². The summed E-state index contributed by atoms with van der Waals surface area (Å²) >= 11 is 5.77. The van der Waals surface area contributed by atoms with Gasteiger partial charge in [0, 0.05) is 22.9 Å². The summed E-state index contributed by atoms with van der Waals surface area (Å²) in [5.74, 6) is 0.510. The maximum atomic E-state index is 11.2. The third kappa shape index (κ3) is 3.39. The van der Waals surface area contributed by atoms with Crippen molar-refractivity contribution in [1.29, 1.82) is 5.26 Å². The van der Waals surface area contributed by atoms with Crippen molar-refractivity contribution in [3.8, 4) is 17.6 Å². The Hall–Kier alpha value is -1.81. The lowest BCUT2D eigenvalue weighted by Crippen LogP contribution is -1.94. The molecule has 0 aliphatic heterocycles. The first kappa shape index (κ1) is 14.6. The van der Waals surface area contributed by atoms with E-state index < -0.39 is 9.05 Å². The van der Waals surface area contributed by atoms with Gasteiger partial charge in [0.2, 0.25) is 0 Å². The number of hydrogen-bond donors (Lipinski definition) is 0. The maximum absolute atomic E-state index is 11.2. The topological polar surface area (TPSA) is 80.0 Å². The number of nitriles is 1. The minimum absolute atomic E-state index is 0.0340. The van der Waals surface area contributed by atoms with Gasteiger partial charge >= 0.3 is 0 Å². The molecule has 0 aliphatic carbocycles. The van der Waals surface area contributed by atoms with Gasteiger partial charge in [-0.25, -0.2) is 8.42 Å². The van der Waals surface area contributed by atoms with Gasteiger partial charge < -0.3 is 4.74 Å². The molecular weight excluding hydrogens is 323 g/mol. The van der Waals surface area contributed by atoms with Crippen molar-refractivity contribution in [2.24, 2.45) is 0 Å². The predicted octanol–water partition coefficient (Wildman–Crippen LogP) is 3.33. The monoisotopic (exact) mass is 328 g/mol. The van der Waals surface area contributed by atoms with E-state index in [0.717, 1.165) is 6.07 Å². The zero-order chi connectivity index (χ0) is 14.8. The molecule has 102 valence electrons. The Bertz CT molecular complexity index is 801. The van der Waals surface area contributed by atoms with E-state index in [1.54, 1.807) is 0 Å². The summed E-state index contributed by atoms with van der Waals surface area (Å²) in [5.41, 5.74) is 0.0340. The highest BCUT2D eigenvalue weighted by molar-refractivity contribution is 8.13. The van der Waals surface area contributed by atoms with Crippen molar-refractivity contribution < 1.29 is 13.2 Å². The highest BCUT2D eigenvalue weighted by Gasteiger charge is 2.14. The van der Waals surface area contributed by atoms with E-state index in [1.807, 2.05) is 6.07 Å². The van der Waals surface area contributed by atoms with Crippen LogP contribution in [0.15, 0.2) is 41.6 Å².